The predicted molar refractivity (Wildman–Crippen MR) is 71.7 cm³/mol. The highest BCUT2D eigenvalue weighted by Gasteiger charge is 2.31. The molecule has 23 heavy (non-hydrogen) atoms. The van der Waals surface area contributed by atoms with Crippen molar-refractivity contribution in [2.75, 3.05) is 0 Å². The molecule has 0 fully saturated rings. The first kappa shape index (κ1) is 20.3. The highest BCUT2D eigenvalue weighted by Crippen LogP contribution is 2.27. The quantitative estimate of drug-likeness (QED) is 0.330. The summed E-state index contributed by atoms with van der Waals surface area (Å²) >= 11 is 0. The number of hydrogen-bond acceptors (Lipinski definition) is 5. The van der Waals surface area contributed by atoms with Crippen molar-refractivity contribution in [1.29, 1.82) is 0 Å². The Morgan fingerprint density at radius 2 is 0.870 bits per heavy atom. The zero-order chi connectivity index (χ0) is 18.2. The Kier molecular flexibility index (Phi) is 8.30. The van der Waals surface area contributed by atoms with Gasteiger partial charge in [-0.25, -0.2) is 0 Å². The van der Waals surface area contributed by atoms with E-state index in [0.29, 0.717) is 0 Å². The fourth-order valence-electron chi connectivity index (χ4n) is 2.28. The number of carbonyl (C=O) groups is 5. The lowest BCUT2D eigenvalue weighted by molar-refractivity contribution is -0.151. The summed E-state index contributed by atoms with van der Waals surface area (Å²) in [4.78, 5) is 54.2. The maximum Gasteiger partial charge on any atom is 0.307 e. The first-order valence-electron chi connectivity index (χ1n) is 6.63. The van der Waals surface area contributed by atoms with Crippen molar-refractivity contribution in [2.45, 2.75) is 32.1 Å². The molecule has 130 valence electrons. The minimum atomic E-state index is -1.44. The topological polar surface area (TPSA) is 186 Å². The van der Waals surface area contributed by atoms with Crippen LogP contribution in [0.2, 0.25) is 0 Å². The molecule has 0 saturated carbocycles. The first-order chi connectivity index (χ1) is 10.5. The highest BCUT2D eigenvalue weighted by molar-refractivity contribution is 5.78. The zero-order valence-corrected chi connectivity index (χ0v) is 12.0. The Hall–Kier alpha value is -2.65. The molecule has 0 amide bonds. The second-order valence-corrected chi connectivity index (χ2v) is 5.20. The molecule has 0 aromatic heterocycles. The standard InChI is InChI=1S/C13H18O10/c14-9(15)3-6(1-7(12(20)21)4-10(16)17)2-8(13(22)23)5-11(18)19/h6-8H,1-5H2,(H,14,15)(H,16,17)(H,18,19)(H,20,21)(H,22,23). The Bertz CT molecular complexity index is 447. The van der Waals surface area contributed by atoms with Gasteiger partial charge in [0.1, 0.15) is 0 Å². The van der Waals surface area contributed by atoms with Gasteiger partial charge in [-0.2, -0.15) is 0 Å². The van der Waals surface area contributed by atoms with Crippen LogP contribution in [0.5, 0.6) is 0 Å². The SMILES string of the molecule is O=C(O)CC(CC(CC(=O)O)C(=O)O)CC(CC(=O)O)C(=O)O. The van der Waals surface area contributed by atoms with E-state index in [0.717, 1.165) is 0 Å². The van der Waals surface area contributed by atoms with Crippen LogP contribution in [0.4, 0.5) is 0 Å². The van der Waals surface area contributed by atoms with Crippen molar-refractivity contribution >= 4 is 29.8 Å². The lowest BCUT2D eigenvalue weighted by Crippen LogP contribution is -2.26. The van der Waals surface area contributed by atoms with Crippen LogP contribution in [-0.2, 0) is 24.0 Å². The number of carboxylic acid groups (broad SMARTS) is 5. The van der Waals surface area contributed by atoms with Crippen LogP contribution < -0.4 is 0 Å². The predicted octanol–water partition coefficient (Wildman–Crippen LogP) is 0.209. The molecule has 0 aromatic carbocycles. The molecule has 0 rings (SSSR count). The Morgan fingerprint density at radius 1 is 0.565 bits per heavy atom. The van der Waals surface area contributed by atoms with Crippen molar-refractivity contribution in [1.82, 2.24) is 0 Å². The second-order valence-electron chi connectivity index (χ2n) is 5.20. The Balaban J connectivity index is 5.12. The van der Waals surface area contributed by atoms with E-state index in [4.69, 9.17) is 25.5 Å². The van der Waals surface area contributed by atoms with E-state index in [1.165, 1.54) is 0 Å². The van der Waals surface area contributed by atoms with Crippen molar-refractivity contribution in [2.24, 2.45) is 17.8 Å². The van der Waals surface area contributed by atoms with Gasteiger partial charge in [-0.1, -0.05) is 0 Å². The minimum absolute atomic E-state index is 0.364. The van der Waals surface area contributed by atoms with Crippen LogP contribution in [0.1, 0.15) is 32.1 Å². The van der Waals surface area contributed by atoms with Gasteiger partial charge in [-0.15, -0.1) is 0 Å². The van der Waals surface area contributed by atoms with Crippen LogP contribution >= 0.6 is 0 Å². The summed E-state index contributed by atoms with van der Waals surface area (Å²) in [6, 6.07) is 0. The van der Waals surface area contributed by atoms with Crippen LogP contribution in [0.25, 0.3) is 0 Å². The summed E-state index contributed by atoms with van der Waals surface area (Å²) in [5, 5.41) is 44.1. The molecule has 5 N–H and O–H groups in total. The van der Waals surface area contributed by atoms with Crippen molar-refractivity contribution in [3.63, 3.8) is 0 Å². The fourth-order valence-corrected chi connectivity index (χ4v) is 2.28. The normalized spacial score (nSPS) is 14.4. The Labute approximate surface area is 130 Å². The highest BCUT2D eigenvalue weighted by atomic mass is 16.4. The number of carboxylic acids is 5. The molecule has 2 unspecified atom stereocenters. The van der Waals surface area contributed by atoms with Gasteiger partial charge in [0, 0.05) is 6.42 Å². The Morgan fingerprint density at radius 3 is 1.09 bits per heavy atom. The van der Waals surface area contributed by atoms with E-state index in [-0.39, 0.29) is 12.8 Å². The maximum atomic E-state index is 11.0. The van der Waals surface area contributed by atoms with E-state index in [9.17, 15) is 24.0 Å². The van der Waals surface area contributed by atoms with Gasteiger partial charge in [0.2, 0.25) is 0 Å². The third-order valence-electron chi connectivity index (χ3n) is 3.24. The number of rotatable bonds is 12. The van der Waals surface area contributed by atoms with E-state index in [1.54, 1.807) is 0 Å². The molecular formula is C13H18O10. The van der Waals surface area contributed by atoms with Gasteiger partial charge in [-0.05, 0) is 18.8 Å². The lowest BCUT2D eigenvalue weighted by atomic mass is 9.82. The average molecular weight is 334 g/mol. The van der Waals surface area contributed by atoms with Crippen LogP contribution in [0.15, 0.2) is 0 Å². The van der Waals surface area contributed by atoms with E-state index < -0.39 is 66.9 Å². The molecule has 0 aromatic rings. The second kappa shape index (κ2) is 9.38. The van der Waals surface area contributed by atoms with E-state index in [2.05, 4.69) is 0 Å². The summed E-state index contributed by atoms with van der Waals surface area (Å²) in [6.07, 6.45) is -2.77. The first-order valence-corrected chi connectivity index (χ1v) is 6.63. The van der Waals surface area contributed by atoms with Crippen LogP contribution in [0.3, 0.4) is 0 Å². The molecule has 10 nitrogen and oxygen atoms in total. The van der Waals surface area contributed by atoms with Crippen molar-refractivity contribution in [3.8, 4) is 0 Å². The molecular weight excluding hydrogens is 316 g/mol. The summed E-state index contributed by atoms with van der Waals surface area (Å²) in [5.74, 6) is -10.7. The number of hydrogen-bond donors (Lipinski definition) is 5. The average Bonchev–Trinajstić information content (AvgIpc) is 2.34. The number of aliphatic carboxylic acids is 5. The molecule has 0 saturated heterocycles. The smallest absolute Gasteiger partial charge is 0.307 e. The molecule has 0 aliphatic rings. The maximum absolute atomic E-state index is 11.0. The van der Waals surface area contributed by atoms with E-state index >= 15 is 0 Å². The van der Waals surface area contributed by atoms with Crippen LogP contribution in [0, 0.1) is 17.8 Å². The monoisotopic (exact) mass is 334 g/mol. The molecule has 10 heteroatoms. The third-order valence-corrected chi connectivity index (χ3v) is 3.24. The molecule has 0 spiro atoms. The van der Waals surface area contributed by atoms with E-state index in [1.807, 2.05) is 0 Å². The summed E-state index contributed by atoms with van der Waals surface area (Å²) < 4.78 is 0. The van der Waals surface area contributed by atoms with Gasteiger partial charge in [0.05, 0.1) is 24.7 Å². The molecule has 0 aliphatic heterocycles. The van der Waals surface area contributed by atoms with Crippen molar-refractivity contribution in [3.05, 3.63) is 0 Å². The van der Waals surface area contributed by atoms with Crippen molar-refractivity contribution < 1.29 is 49.5 Å². The van der Waals surface area contributed by atoms with Crippen LogP contribution in [-0.4, -0.2) is 55.4 Å². The minimum Gasteiger partial charge on any atom is -0.481 e. The van der Waals surface area contributed by atoms with Gasteiger partial charge in [-0.3, -0.25) is 24.0 Å². The van der Waals surface area contributed by atoms with Gasteiger partial charge in [0.25, 0.3) is 0 Å². The molecule has 0 heterocycles. The summed E-state index contributed by atoms with van der Waals surface area (Å²) in [6.45, 7) is 0. The molecule has 2 atom stereocenters. The lowest BCUT2D eigenvalue weighted by Gasteiger charge is -2.21. The summed E-state index contributed by atoms with van der Waals surface area (Å²) in [7, 11) is 0. The zero-order valence-electron chi connectivity index (χ0n) is 12.0. The molecule has 0 bridgehead atoms. The molecule has 0 aliphatic carbocycles. The summed E-state index contributed by atoms with van der Waals surface area (Å²) in [5.41, 5.74) is 0. The van der Waals surface area contributed by atoms with Gasteiger partial charge >= 0.3 is 29.8 Å². The largest absolute Gasteiger partial charge is 0.481 e. The van der Waals surface area contributed by atoms with Gasteiger partial charge in [0.15, 0.2) is 0 Å². The fraction of sp³-hybridized carbons (Fsp3) is 0.615. The third kappa shape index (κ3) is 9.06. The molecule has 0 radical (unpaired) electrons. The van der Waals surface area contributed by atoms with Gasteiger partial charge < -0.3 is 25.5 Å².